The number of rotatable bonds is 5. The van der Waals surface area contributed by atoms with Crippen LogP contribution in [-0.2, 0) is 33.8 Å². The summed E-state index contributed by atoms with van der Waals surface area (Å²) in [5.41, 5.74) is 1.32. The molecule has 9 heteroatoms. The minimum Gasteiger partial charge on any atom is -0.379 e. The predicted molar refractivity (Wildman–Crippen MR) is 144 cm³/mol. The van der Waals surface area contributed by atoms with Gasteiger partial charge in [0.2, 0.25) is 0 Å². The minimum absolute atomic E-state index is 0.0110. The quantitative estimate of drug-likeness (QED) is 0.603. The van der Waals surface area contributed by atoms with E-state index in [1.165, 1.54) is 12.0 Å². The topological polar surface area (TPSA) is 68.1 Å². The molecule has 2 aliphatic heterocycles. The predicted octanol–water partition coefficient (Wildman–Crippen LogP) is 3.17. The Balaban J connectivity index is 1.43. The highest BCUT2D eigenvalue weighted by molar-refractivity contribution is 5.14. The van der Waals surface area contributed by atoms with Gasteiger partial charge >= 0.3 is 0 Å². The van der Waals surface area contributed by atoms with Crippen molar-refractivity contribution < 1.29 is 14.2 Å². The van der Waals surface area contributed by atoms with Gasteiger partial charge in [0.25, 0.3) is 0 Å². The summed E-state index contributed by atoms with van der Waals surface area (Å²) in [6, 6.07) is 10.6. The molecule has 0 radical (unpaired) electrons. The number of likely N-dealkylation sites (N-methyl/N-ethyl adjacent to an activating group) is 2. The molecule has 2 aliphatic rings. The van der Waals surface area contributed by atoms with Crippen molar-refractivity contribution in [1.29, 1.82) is 0 Å². The molecular formula is C28H46N6O3. The lowest BCUT2D eigenvalue weighted by atomic mass is 10.2. The molecule has 2 bridgehead atoms. The van der Waals surface area contributed by atoms with Gasteiger partial charge in [-0.2, -0.15) is 5.10 Å². The van der Waals surface area contributed by atoms with Crippen molar-refractivity contribution in [2.24, 2.45) is 0 Å². The van der Waals surface area contributed by atoms with Crippen LogP contribution >= 0.6 is 0 Å². The lowest BCUT2D eigenvalue weighted by molar-refractivity contribution is -0.0428. The highest BCUT2D eigenvalue weighted by Crippen LogP contribution is 2.24. The number of fused-ring (bicyclic) bond motifs is 2. The molecule has 1 aromatic carbocycles. The lowest BCUT2D eigenvalue weighted by Gasteiger charge is -2.26. The van der Waals surface area contributed by atoms with E-state index in [0.717, 1.165) is 90.0 Å². The maximum atomic E-state index is 6.10. The molecule has 0 amide bonds. The van der Waals surface area contributed by atoms with Crippen LogP contribution in [0.3, 0.4) is 0 Å². The fourth-order valence-electron chi connectivity index (χ4n) is 4.91. The Morgan fingerprint density at radius 1 is 0.784 bits per heavy atom. The standard InChI is InChI=1S/C28H46N6O3/c1-3-31-13-18-35-20-15-33(22-25-10-6-5-7-11-25)16-21-36-19-14-32(4-2)24-27-29-26(23-31)30-34(27)28-12-8-9-17-37-28/h5-7,10-11,28H,3-4,8-9,12-24H2,1-2H3. The SMILES string of the molecule is CCN1CCOCCN(Cc2ccccc2)CCOCCN(CC)Cc2nc(nn2C2CCCCO2)C1. The Morgan fingerprint density at radius 2 is 1.43 bits per heavy atom. The molecule has 9 nitrogen and oxygen atoms in total. The molecular weight excluding hydrogens is 468 g/mol. The zero-order chi connectivity index (χ0) is 25.7. The van der Waals surface area contributed by atoms with Gasteiger partial charge in [-0.15, -0.1) is 0 Å². The zero-order valence-corrected chi connectivity index (χ0v) is 22.9. The molecule has 1 unspecified atom stereocenters. The second-order valence-electron chi connectivity index (χ2n) is 9.93. The first-order valence-electron chi connectivity index (χ1n) is 14.2. The summed E-state index contributed by atoms with van der Waals surface area (Å²) in [7, 11) is 0. The maximum Gasteiger partial charge on any atom is 0.165 e. The van der Waals surface area contributed by atoms with Gasteiger partial charge in [-0.25, -0.2) is 9.67 Å². The number of hydrogen-bond acceptors (Lipinski definition) is 8. The Hall–Kier alpha value is -1.88. The Labute approximate surface area is 222 Å². The molecule has 0 N–H and O–H groups in total. The molecule has 0 saturated carbocycles. The van der Waals surface area contributed by atoms with Crippen molar-refractivity contribution in [2.45, 2.75) is 59.0 Å². The van der Waals surface area contributed by atoms with Crippen LogP contribution in [0.15, 0.2) is 30.3 Å². The van der Waals surface area contributed by atoms with E-state index in [1.54, 1.807) is 0 Å². The van der Waals surface area contributed by atoms with Crippen LogP contribution in [0, 0.1) is 0 Å². The molecule has 2 aromatic rings. The van der Waals surface area contributed by atoms with Gasteiger partial charge < -0.3 is 14.2 Å². The number of aromatic nitrogens is 3. The number of nitrogens with zero attached hydrogens (tertiary/aromatic N) is 6. The number of hydrogen-bond donors (Lipinski definition) is 0. The van der Waals surface area contributed by atoms with Gasteiger partial charge in [0.05, 0.1) is 39.5 Å². The second-order valence-corrected chi connectivity index (χ2v) is 9.93. The Bertz CT molecular complexity index is 889. The summed E-state index contributed by atoms with van der Waals surface area (Å²) in [5, 5.41) is 4.94. The third-order valence-corrected chi connectivity index (χ3v) is 7.26. The number of benzene rings is 1. The van der Waals surface area contributed by atoms with Crippen molar-refractivity contribution in [2.75, 3.05) is 72.3 Å². The summed E-state index contributed by atoms with van der Waals surface area (Å²) >= 11 is 0. The van der Waals surface area contributed by atoms with Gasteiger partial charge in [0.15, 0.2) is 12.1 Å². The molecule has 0 spiro atoms. The van der Waals surface area contributed by atoms with Crippen LogP contribution in [0.25, 0.3) is 0 Å². The normalized spacial score (nSPS) is 22.9. The van der Waals surface area contributed by atoms with Crippen molar-refractivity contribution in [1.82, 2.24) is 29.5 Å². The third kappa shape index (κ3) is 9.12. The van der Waals surface area contributed by atoms with Crippen molar-refractivity contribution in [3.8, 4) is 0 Å². The summed E-state index contributed by atoms with van der Waals surface area (Å²) in [6.07, 6.45) is 3.28. The van der Waals surface area contributed by atoms with Gasteiger partial charge in [-0.3, -0.25) is 14.7 Å². The molecule has 3 heterocycles. The largest absolute Gasteiger partial charge is 0.379 e. The van der Waals surface area contributed by atoms with Crippen LogP contribution in [0.1, 0.15) is 56.6 Å². The minimum atomic E-state index is -0.0110. The zero-order valence-electron chi connectivity index (χ0n) is 22.9. The van der Waals surface area contributed by atoms with Gasteiger partial charge in [-0.1, -0.05) is 44.2 Å². The average Bonchev–Trinajstić information content (AvgIpc) is 3.33. The smallest absolute Gasteiger partial charge is 0.165 e. The van der Waals surface area contributed by atoms with Crippen LogP contribution < -0.4 is 0 Å². The summed E-state index contributed by atoms with van der Waals surface area (Å²) in [6.45, 7) is 15.8. The Morgan fingerprint density at radius 3 is 2.05 bits per heavy atom. The van der Waals surface area contributed by atoms with E-state index in [9.17, 15) is 0 Å². The fraction of sp³-hybridized carbons (Fsp3) is 0.714. The van der Waals surface area contributed by atoms with Gasteiger partial charge in [0, 0.05) is 39.3 Å². The fourth-order valence-corrected chi connectivity index (χ4v) is 4.91. The van der Waals surface area contributed by atoms with E-state index in [1.807, 2.05) is 0 Å². The summed E-state index contributed by atoms with van der Waals surface area (Å²) in [5.74, 6) is 1.86. The molecule has 1 saturated heterocycles. The van der Waals surface area contributed by atoms with Crippen molar-refractivity contribution >= 4 is 0 Å². The monoisotopic (exact) mass is 514 g/mol. The van der Waals surface area contributed by atoms with Crippen LogP contribution in [-0.4, -0.2) is 102 Å². The van der Waals surface area contributed by atoms with Crippen molar-refractivity contribution in [3.05, 3.63) is 47.5 Å². The van der Waals surface area contributed by atoms with E-state index >= 15 is 0 Å². The van der Waals surface area contributed by atoms with E-state index < -0.39 is 0 Å². The van der Waals surface area contributed by atoms with Crippen LogP contribution in [0.2, 0.25) is 0 Å². The summed E-state index contributed by atoms with van der Waals surface area (Å²) in [4.78, 5) is 12.2. The Kier molecular flexibility index (Phi) is 11.8. The summed E-state index contributed by atoms with van der Waals surface area (Å²) < 4.78 is 20.3. The van der Waals surface area contributed by atoms with Crippen LogP contribution in [0.5, 0.6) is 0 Å². The second kappa shape index (κ2) is 15.5. The van der Waals surface area contributed by atoms with E-state index in [4.69, 9.17) is 24.3 Å². The number of ether oxygens (including phenoxy) is 3. The van der Waals surface area contributed by atoms with E-state index in [2.05, 4.69) is 63.6 Å². The molecule has 0 aliphatic carbocycles. The molecule has 1 fully saturated rings. The molecule has 206 valence electrons. The van der Waals surface area contributed by atoms with Crippen molar-refractivity contribution in [3.63, 3.8) is 0 Å². The van der Waals surface area contributed by atoms with Gasteiger partial charge in [0.1, 0.15) is 5.82 Å². The van der Waals surface area contributed by atoms with Crippen LogP contribution in [0.4, 0.5) is 0 Å². The van der Waals surface area contributed by atoms with Gasteiger partial charge in [-0.05, 0) is 37.9 Å². The first-order chi connectivity index (χ1) is 18.2. The first kappa shape index (κ1) is 28.1. The maximum absolute atomic E-state index is 6.10. The van der Waals surface area contributed by atoms with E-state index in [0.29, 0.717) is 26.4 Å². The first-order valence-corrected chi connectivity index (χ1v) is 14.2. The van der Waals surface area contributed by atoms with E-state index in [-0.39, 0.29) is 6.23 Å². The lowest BCUT2D eigenvalue weighted by Crippen LogP contribution is -2.33. The highest BCUT2D eigenvalue weighted by atomic mass is 16.5. The highest BCUT2D eigenvalue weighted by Gasteiger charge is 2.23. The average molecular weight is 515 g/mol. The molecule has 4 rings (SSSR count). The third-order valence-electron chi connectivity index (χ3n) is 7.26. The molecule has 37 heavy (non-hydrogen) atoms. The molecule has 1 atom stereocenters. The molecule has 1 aromatic heterocycles.